The van der Waals surface area contributed by atoms with Crippen LogP contribution in [0.15, 0.2) is 61.2 Å². The molecule has 0 bridgehead atoms. The third-order valence-corrected chi connectivity index (χ3v) is 3.27. The summed E-state index contributed by atoms with van der Waals surface area (Å²) < 4.78 is 1.73. The van der Waals surface area contributed by atoms with Crippen molar-refractivity contribution < 1.29 is 4.79 Å². The summed E-state index contributed by atoms with van der Waals surface area (Å²) in [4.78, 5) is 18.2. The molecule has 0 N–H and O–H groups in total. The number of hydrogen-bond acceptors (Lipinski definition) is 4. The summed E-state index contributed by atoms with van der Waals surface area (Å²) in [5.41, 5.74) is 1.16. The van der Waals surface area contributed by atoms with Crippen molar-refractivity contribution in [2.75, 3.05) is 11.4 Å². The number of hydrogen-bond donors (Lipinski definition) is 0. The first-order valence-electron chi connectivity index (χ1n) is 6.98. The molecule has 0 fully saturated rings. The number of carbonyl (C=O) groups excluding carboxylic acids is 1. The molecule has 22 heavy (non-hydrogen) atoms. The van der Waals surface area contributed by atoms with Gasteiger partial charge in [0, 0.05) is 24.6 Å². The maximum Gasteiger partial charge on any atom is 0.278 e. The normalized spacial score (nSPS) is 10.4. The van der Waals surface area contributed by atoms with Gasteiger partial charge in [-0.25, -0.2) is 4.98 Å². The van der Waals surface area contributed by atoms with Gasteiger partial charge in [0.15, 0.2) is 11.5 Å². The van der Waals surface area contributed by atoms with Crippen molar-refractivity contribution in [2.24, 2.45) is 0 Å². The number of carbonyl (C=O) groups is 1. The Morgan fingerprint density at radius 3 is 2.55 bits per heavy atom. The predicted molar refractivity (Wildman–Crippen MR) is 82.9 cm³/mol. The lowest BCUT2D eigenvalue weighted by molar-refractivity contribution is 0.0982. The Morgan fingerprint density at radius 1 is 1.14 bits per heavy atom. The Morgan fingerprint density at radius 2 is 1.95 bits per heavy atom. The zero-order valence-corrected chi connectivity index (χ0v) is 12.1. The maximum absolute atomic E-state index is 12.6. The molecule has 1 aromatic carbocycles. The van der Waals surface area contributed by atoms with E-state index in [1.54, 1.807) is 40.3 Å². The lowest BCUT2D eigenvalue weighted by Gasteiger charge is -2.20. The van der Waals surface area contributed by atoms with E-state index < -0.39 is 0 Å². The zero-order chi connectivity index (χ0) is 15.4. The van der Waals surface area contributed by atoms with Gasteiger partial charge in [0.05, 0.1) is 0 Å². The Balaban J connectivity index is 1.85. The predicted octanol–water partition coefficient (Wildman–Crippen LogP) is 2.33. The number of imidazole rings is 1. The molecule has 0 spiro atoms. The number of benzene rings is 1. The standard InChI is InChI=1S/C16H15N5O/c1-2-21(13-6-4-3-5-7-13)16(22)14-8-9-15(19-18-14)20-11-10-17-12-20/h3-12H,2H2,1H3. The fourth-order valence-corrected chi connectivity index (χ4v) is 2.16. The molecule has 3 aromatic rings. The molecule has 0 aliphatic heterocycles. The smallest absolute Gasteiger partial charge is 0.278 e. The van der Waals surface area contributed by atoms with E-state index in [4.69, 9.17) is 0 Å². The quantitative estimate of drug-likeness (QED) is 0.740. The molecule has 0 unspecified atom stereocenters. The van der Waals surface area contributed by atoms with Gasteiger partial charge in [0.2, 0.25) is 0 Å². The van der Waals surface area contributed by atoms with Crippen LogP contribution >= 0.6 is 0 Å². The zero-order valence-electron chi connectivity index (χ0n) is 12.1. The van der Waals surface area contributed by atoms with Crippen LogP contribution < -0.4 is 4.90 Å². The monoisotopic (exact) mass is 293 g/mol. The second-order valence-corrected chi connectivity index (χ2v) is 4.63. The summed E-state index contributed by atoms with van der Waals surface area (Å²) in [5, 5.41) is 8.12. The Bertz CT molecular complexity index is 738. The summed E-state index contributed by atoms with van der Waals surface area (Å²) in [6.45, 7) is 2.49. The second-order valence-electron chi connectivity index (χ2n) is 4.63. The van der Waals surface area contributed by atoms with Gasteiger partial charge in [-0.1, -0.05) is 18.2 Å². The van der Waals surface area contributed by atoms with E-state index in [1.807, 2.05) is 37.3 Å². The van der Waals surface area contributed by atoms with E-state index >= 15 is 0 Å². The molecule has 0 radical (unpaired) electrons. The summed E-state index contributed by atoms with van der Waals surface area (Å²) in [5.74, 6) is 0.454. The highest BCUT2D eigenvalue weighted by Crippen LogP contribution is 2.15. The third kappa shape index (κ3) is 2.71. The number of rotatable bonds is 4. The molecular weight excluding hydrogens is 278 g/mol. The molecule has 0 atom stereocenters. The van der Waals surface area contributed by atoms with Crippen LogP contribution in [0.25, 0.3) is 5.82 Å². The minimum atomic E-state index is -0.168. The van der Waals surface area contributed by atoms with Crippen LogP contribution in [-0.4, -0.2) is 32.2 Å². The maximum atomic E-state index is 12.6. The van der Waals surface area contributed by atoms with Crippen molar-refractivity contribution in [3.8, 4) is 5.82 Å². The second kappa shape index (κ2) is 6.17. The Labute approximate surface area is 128 Å². The fraction of sp³-hybridized carbons (Fsp3) is 0.125. The highest BCUT2D eigenvalue weighted by atomic mass is 16.2. The van der Waals surface area contributed by atoms with Crippen molar-refractivity contribution in [1.29, 1.82) is 0 Å². The van der Waals surface area contributed by atoms with Gasteiger partial charge in [-0.2, -0.15) is 0 Å². The first-order chi connectivity index (χ1) is 10.8. The first kappa shape index (κ1) is 13.9. The van der Waals surface area contributed by atoms with E-state index in [-0.39, 0.29) is 5.91 Å². The van der Waals surface area contributed by atoms with E-state index in [0.29, 0.717) is 18.1 Å². The van der Waals surface area contributed by atoms with Crippen LogP contribution in [0.3, 0.4) is 0 Å². The van der Waals surface area contributed by atoms with E-state index in [0.717, 1.165) is 5.69 Å². The average molecular weight is 293 g/mol. The molecule has 3 rings (SSSR count). The summed E-state index contributed by atoms with van der Waals surface area (Å²) >= 11 is 0. The number of nitrogens with zero attached hydrogens (tertiary/aromatic N) is 5. The van der Waals surface area contributed by atoms with Gasteiger partial charge >= 0.3 is 0 Å². The van der Waals surface area contributed by atoms with Gasteiger partial charge < -0.3 is 4.90 Å². The topological polar surface area (TPSA) is 63.9 Å². The van der Waals surface area contributed by atoms with Gasteiger partial charge in [0.25, 0.3) is 5.91 Å². The van der Waals surface area contributed by atoms with Crippen LogP contribution in [0, 0.1) is 0 Å². The van der Waals surface area contributed by atoms with E-state index in [1.165, 1.54) is 0 Å². The number of amides is 1. The van der Waals surface area contributed by atoms with Crippen molar-refractivity contribution in [2.45, 2.75) is 6.92 Å². The lowest BCUT2D eigenvalue weighted by Crippen LogP contribution is -2.31. The summed E-state index contributed by atoms with van der Waals surface area (Å²) in [6.07, 6.45) is 5.07. The molecule has 2 aromatic heterocycles. The molecule has 0 saturated carbocycles. The van der Waals surface area contributed by atoms with Crippen LogP contribution in [0.5, 0.6) is 0 Å². The van der Waals surface area contributed by atoms with Gasteiger partial charge in [-0.05, 0) is 31.2 Å². The molecular formula is C16H15N5O. The van der Waals surface area contributed by atoms with Crippen LogP contribution in [0.4, 0.5) is 5.69 Å². The van der Waals surface area contributed by atoms with Crippen molar-refractivity contribution in [1.82, 2.24) is 19.7 Å². The third-order valence-electron chi connectivity index (χ3n) is 3.27. The van der Waals surface area contributed by atoms with E-state index in [2.05, 4.69) is 15.2 Å². The highest BCUT2D eigenvalue weighted by Gasteiger charge is 2.17. The van der Waals surface area contributed by atoms with Crippen LogP contribution in [0.2, 0.25) is 0 Å². The Hall–Kier alpha value is -3.02. The summed E-state index contributed by atoms with van der Waals surface area (Å²) in [6, 6.07) is 12.9. The fourth-order valence-electron chi connectivity index (χ4n) is 2.16. The molecule has 1 amide bonds. The van der Waals surface area contributed by atoms with Crippen LogP contribution in [0.1, 0.15) is 17.4 Å². The minimum Gasteiger partial charge on any atom is -0.307 e. The number of anilines is 1. The number of aromatic nitrogens is 4. The summed E-state index contributed by atoms with van der Waals surface area (Å²) in [7, 11) is 0. The molecule has 0 aliphatic carbocycles. The van der Waals surface area contributed by atoms with Gasteiger partial charge in [-0.15, -0.1) is 10.2 Å². The number of para-hydroxylation sites is 1. The first-order valence-corrected chi connectivity index (χ1v) is 6.98. The van der Waals surface area contributed by atoms with E-state index in [9.17, 15) is 4.79 Å². The largest absolute Gasteiger partial charge is 0.307 e. The van der Waals surface area contributed by atoms with Gasteiger partial charge in [0.1, 0.15) is 6.33 Å². The van der Waals surface area contributed by atoms with Gasteiger partial charge in [-0.3, -0.25) is 9.36 Å². The lowest BCUT2D eigenvalue weighted by atomic mass is 10.2. The minimum absolute atomic E-state index is 0.168. The molecule has 6 heteroatoms. The molecule has 0 aliphatic rings. The molecule has 0 saturated heterocycles. The Kier molecular flexibility index (Phi) is 3.91. The van der Waals surface area contributed by atoms with Crippen molar-refractivity contribution in [3.05, 3.63) is 66.9 Å². The van der Waals surface area contributed by atoms with Crippen molar-refractivity contribution in [3.63, 3.8) is 0 Å². The van der Waals surface area contributed by atoms with Crippen LogP contribution in [-0.2, 0) is 0 Å². The molecule has 110 valence electrons. The average Bonchev–Trinajstić information content (AvgIpc) is 3.11. The molecule has 2 heterocycles. The molecule has 6 nitrogen and oxygen atoms in total. The van der Waals surface area contributed by atoms with Crippen molar-refractivity contribution >= 4 is 11.6 Å². The highest BCUT2D eigenvalue weighted by molar-refractivity contribution is 6.04. The SMILES string of the molecule is CCN(C(=O)c1ccc(-n2ccnc2)nn1)c1ccccc1.